The Hall–Kier alpha value is -1.82. The van der Waals surface area contributed by atoms with Gasteiger partial charge in [-0.25, -0.2) is 0 Å². The van der Waals surface area contributed by atoms with Crippen molar-refractivity contribution < 1.29 is 14.3 Å². The lowest BCUT2D eigenvalue weighted by Gasteiger charge is -2.02. The molecule has 0 saturated carbocycles. The summed E-state index contributed by atoms with van der Waals surface area (Å²) in [6.45, 7) is 4.37. The molecule has 1 aromatic heterocycles. The van der Waals surface area contributed by atoms with E-state index in [0.29, 0.717) is 31.1 Å². The summed E-state index contributed by atoms with van der Waals surface area (Å²) in [7, 11) is 1.74. The van der Waals surface area contributed by atoms with Crippen LogP contribution in [0.4, 0.5) is 0 Å². The minimum atomic E-state index is -0.250. The fourth-order valence-electron chi connectivity index (χ4n) is 1.73. The Morgan fingerprint density at radius 2 is 2.19 bits per heavy atom. The van der Waals surface area contributed by atoms with Crippen molar-refractivity contribution >= 4 is 29.6 Å². The van der Waals surface area contributed by atoms with Crippen molar-refractivity contribution in [3.63, 3.8) is 0 Å². The van der Waals surface area contributed by atoms with Crippen molar-refractivity contribution in [2.24, 2.45) is 7.05 Å². The first-order valence-corrected chi connectivity index (χ1v) is 7.14. The number of hydrogen-bond donors (Lipinski definition) is 1. The van der Waals surface area contributed by atoms with E-state index in [4.69, 9.17) is 16.3 Å². The average molecular weight is 314 g/mol. The fourth-order valence-corrected chi connectivity index (χ4v) is 1.97. The zero-order valence-corrected chi connectivity index (χ0v) is 13.2. The molecule has 6 nitrogen and oxygen atoms in total. The van der Waals surface area contributed by atoms with Crippen LogP contribution in [0, 0.1) is 6.92 Å². The molecule has 21 heavy (non-hydrogen) atoms. The number of aromatic nitrogens is 2. The van der Waals surface area contributed by atoms with Crippen molar-refractivity contribution in [3.05, 3.63) is 22.5 Å². The van der Waals surface area contributed by atoms with Gasteiger partial charge >= 0.3 is 5.97 Å². The molecule has 0 radical (unpaired) electrons. The predicted molar refractivity (Wildman–Crippen MR) is 80.9 cm³/mol. The van der Waals surface area contributed by atoms with Crippen LogP contribution >= 0.6 is 11.6 Å². The average Bonchev–Trinajstić information content (AvgIpc) is 2.67. The molecule has 1 heterocycles. The summed E-state index contributed by atoms with van der Waals surface area (Å²) in [5.41, 5.74) is 1.48. The van der Waals surface area contributed by atoms with E-state index in [9.17, 15) is 9.59 Å². The highest BCUT2D eigenvalue weighted by molar-refractivity contribution is 6.31. The van der Waals surface area contributed by atoms with Crippen LogP contribution in [0.3, 0.4) is 0 Å². The quantitative estimate of drug-likeness (QED) is 0.474. The van der Waals surface area contributed by atoms with E-state index in [-0.39, 0.29) is 11.9 Å². The van der Waals surface area contributed by atoms with E-state index in [1.54, 1.807) is 24.7 Å². The Kier molecular flexibility index (Phi) is 6.94. The van der Waals surface area contributed by atoms with Crippen LogP contribution in [0.1, 0.15) is 31.0 Å². The zero-order chi connectivity index (χ0) is 15.8. The maximum atomic E-state index is 11.6. The van der Waals surface area contributed by atoms with E-state index in [1.807, 2.05) is 6.92 Å². The number of amides is 1. The van der Waals surface area contributed by atoms with Gasteiger partial charge in [0.1, 0.15) is 5.15 Å². The van der Waals surface area contributed by atoms with Gasteiger partial charge in [0.2, 0.25) is 5.91 Å². The predicted octanol–water partition coefficient (Wildman–Crippen LogP) is 1.85. The van der Waals surface area contributed by atoms with Crippen molar-refractivity contribution in [2.75, 3.05) is 13.2 Å². The van der Waals surface area contributed by atoms with Gasteiger partial charge in [-0.1, -0.05) is 11.6 Å². The van der Waals surface area contributed by atoms with Gasteiger partial charge in [-0.2, -0.15) is 5.10 Å². The summed E-state index contributed by atoms with van der Waals surface area (Å²) in [6, 6.07) is 0. The summed E-state index contributed by atoms with van der Waals surface area (Å²) in [4.78, 5) is 22.7. The Morgan fingerprint density at radius 3 is 2.76 bits per heavy atom. The Balaban J connectivity index is 2.37. The van der Waals surface area contributed by atoms with E-state index < -0.39 is 0 Å². The second-order valence-electron chi connectivity index (χ2n) is 4.45. The number of aryl methyl sites for hydroxylation is 2. The summed E-state index contributed by atoms with van der Waals surface area (Å²) >= 11 is 6.05. The number of carbonyl (C=O) groups is 2. The highest BCUT2D eigenvalue weighted by Gasteiger charge is 2.08. The topological polar surface area (TPSA) is 73.2 Å². The molecule has 0 fully saturated rings. The lowest BCUT2D eigenvalue weighted by Crippen LogP contribution is -2.22. The zero-order valence-electron chi connectivity index (χ0n) is 12.5. The van der Waals surface area contributed by atoms with Crippen LogP contribution < -0.4 is 5.32 Å². The Morgan fingerprint density at radius 1 is 1.48 bits per heavy atom. The smallest absolute Gasteiger partial charge is 0.305 e. The van der Waals surface area contributed by atoms with Crippen LogP contribution in [-0.2, 0) is 21.4 Å². The van der Waals surface area contributed by atoms with Gasteiger partial charge in [-0.05, 0) is 26.3 Å². The van der Waals surface area contributed by atoms with Crippen molar-refractivity contribution in [1.82, 2.24) is 15.1 Å². The molecular weight excluding hydrogens is 294 g/mol. The van der Waals surface area contributed by atoms with Gasteiger partial charge in [-0.15, -0.1) is 0 Å². The molecule has 1 N–H and O–H groups in total. The van der Waals surface area contributed by atoms with E-state index in [0.717, 1.165) is 11.3 Å². The summed E-state index contributed by atoms with van der Waals surface area (Å²) in [5, 5.41) is 7.33. The molecule has 116 valence electrons. The number of ether oxygens (including phenoxy) is 1. The van der Waals surface area contributed by atoms with Crippen LogP contribution in [0.2, 0.25) is 5.15 Å². The molecule has 0 atom stereocenters. The van der Waals surface area contributed by atoms with Gasteiger partial charge in [0.05, 0.1) is 12.3 Å². The molecule has 0 bridgehead atoms. The summed E-state index contributed by atoms with van der Waals surface area (Å²) in [5.74, 6) is -0.488. The first-order chi connectivity index (χ1) is 9.95. The molecule has 0 spiro atoms. The van der Waals surface area contributed by atoms with Crippen molar-refractivity contribution in [2.45, 2.75) is 26.7 Å². The second kappa shape index (κ2) is 8.46. The Labute approximate surface area is 129 Å². The number of esters is 1. The number of rotatable bonds is 7. The third-order valence-corrected chi connectivity index (χ3v) is 3.21. The molecule has 0 saturated heterocycles. The third kappa shape index (κ3) is 5.59. The SMILES string of the molecule is CCOC(=O)CCCNC(=O)/C=C/c1c(C)nn(C)c1Cl. The molecule has 1 amide bonds. The van der Waals surface area contributed by atoms with E-state index in [2.05, 4.69) is 10.4 Å². The first-order valence-electron chi connectivity index (χ1n) is 6.76. The minimum Gasteiger partial charge on any atom is -0.466 e. The first kappa shape index (κ1) is 17.2. The number of nitrogens with one attached hydrogen (secondary N) is 1. The maximum Gasteiger partial charge on any atom is 0.305 e. The molecule has 1 rings (SSSR count). The highest BCUT2D eigenvalue weighted by Crippen LogP contribution is 2.19. The van der Waals surface area contributed by atoms with Gasteiger partial charge in [-0.3, -0.25) is 14.3 Å². The molecule has 0 unspecified atom stereocenters. The molecular formula is C14H20ClN3O3. The molecule has 0 aliphatic carbocycles. The van der Waals surface area contributed by atoms with E-state index >= 15 is 0 Å². The maximum absolute atomic E-state index is 11.6. The summed E-state index contributed by atoms with van der Waals surface area (Å²) < 4.78 is 6.34. The van der Waals surface area contributed by atoms with Crippen molar-refractivity contribution in [3.8, 4) is 0 Å². The second-order valence-corrected chi connectivity index (χ2v) is 4.80. The molecule has 1 aromatic rings. The molecule has 0 aliphatic heterocycles. The Bertz CT molecular complexity index is 538. The van der Waals surface area contributed by atoms with Crippen molar-refractivity contribution in [1.29, 1.82) is 0 Å². The highest BCUT2D eigenvalue weighted by atomic mass is 35.5. The standard InChI is InChI=1S/C14H20ClN3O3/c1-4-21-13(20)6-5-9-16-12(19)8-7-11-10(2)17-18(3)14(11)15/h7-8H,4-6,9H2,1-3H3,(H,16,19)/b8-7+. The van der Waals surface area contributed by atoms with Gasteiger partial charge in [0, 0.05) is 31.7 Å². The number of halogens is 1. The van der Waals surface area contributed by atoms with Crippen LogP contribution in [0.25, 0.3) is 6.08 Å². The molecule has 7 heteroatoms. The number of nitrogens with zero attached hydrogens (tertiary/aromatic N) is 2. The van der Waals surface area contributed by atoms with Crippen LogP contribution in [0.5, 0.6) is 0 Å². The van der Waals surface area contributed by atoms with Crippen LogP contribution in [-0.4, -0.2) is 34.8 Å². The lowest BCUT2D eigenvalue weighted by molar-refractivity contribution is -0.143. The largest absolute Gasteiger partial charge is 0.466 e. The monoisotopic (exact) mass is 313 g/mol. The molecule has 0 aliphatic rings. The third-order valence-electron chi connectivity index (χ3n) is 2.76. The van der Waals surface area contributed by atoms with Gasteiger partial charge in [0.15, 0.2) is 0 Å². The van der Waals surface area contributed by atoms with E-state index in [1.165, 1.54) is 6.08 Å². The number of hydrogen-bond acceptors (Lipinski definition) is 4. The lowest BCUT2D eigenvalue weighted by atomic mass is 10.2. The number of carbonyl (C=O) groups excluding carboxylic acids is 2. The normalized spacial score (nSPS) is 10.9. The van der Waals surface area contributed by atoms with Gasteiger partial charge < -0.3 is 10.1 Å². The fraction of sp³-hybridized carbons (Fsp3) is 0.500. The van der Waals surface area contributed by atoms with Crippen LogP contribution in [0.15, 0.2) is 6.08 Å². The van der Waals surface area contributed by atoms with Gasteiger partial charge in [0.25, 0.3) is 0 Å². The summed E-state index contributed by atoms with van der Waals surface area (Å²) in [6.07, 6.45) is 3.88. The molecule has 0 aromatic carbocycles. The minimum absolute atomic E-state index is 0.238.